The maximum atomic E-state index is 14.1. The number of rotatable bonds is 5. The van der Waals surface area contributed by atoms with E-state index in [0.29, 0.717) is 15.6 Å². The van der Waals surface area contributed by atoms with Crippen LogP contribution in [-0.2, 0) is 0 Å². The third-order valence-corrected chi connectivity index (χ3v) is 3.56. The highest BCUT2D eigenvalue weighted by atomic mass is 35.5. The molecule has 2 aromatic rings. The minimum Gasteiger partial charge on any atom is -0.306 e. The van der Waals surface area contributed by atoms with Gasteiger partial charge in [0, 0.05) is 15.6 Å². The maximum absolute atomic E-state index is 14.1. The molecule has 0 aromatic heterocycles. The highest BCUT2D eigenvalue weighted by Gasteiger charge is 2.17. The van der Waals surface area contributed by atoms with Gasteiger partial charge >= 0.3 is 0 Å². The molecule has 1 unspecified atom stereocenters. The fourth-order valence-electron chi connectivity index (χ4n) is 2.09. The van der Waals surface area contributed by atoms with E-state index >= 15 is 0 Å². The summed E-state index contributed by atoms with van der Waals surface area (Å²) in [5.41, 5.74) is 1.56. The molecule has 0 saturated heterocycles. The summed E-state index contributed by atoms with van der Waals surface area (Å²) in [7, 11) is 0. The van der Waals surface area contributed by atoms with Crippen molar-refractivity contribution in [3.63, 3.8) is 0 Å². The zero-order valence-corrected chi connectivity index (χ0v) is 12.7. The Morgan fingerprint density at radius 3 is 2.30 bits per heavy atom. The second-order valence-corrected chi connectivity index (χ2v) is 5.48. The standard InChI is InChI=1S/C16H16Cl2FN/c1-2-9-20-16(11-3-5-12(17)6-4-11)14-8-7-13(18)10-15(14)19/h3-8,10,16,20H,2,9H2,1H3. The molecule has 0 saturated carbocycles. The van der Waals surface area contributed by atoms with Crippen molar-refractivity contribution in [2.24, 2.45) is 0 Å². The number of halogens is 3. The molecule has 0 fully saturated rings. The Balaban J connectivity index is 2.38. The monoisotopic (exact) mass is 311 g/mol. The molecule has 0 aliphatic carbocycles. The van der Waals surface area contributed by atoms with Gasteiger partial charge in [0.2, 0.25) is 0 Å². The molecular formula is C16H16Cl2FN. The van der Waals surface area contributed by atoms with Crippen LogP contribution in [0.4, 0.5) is 4.39 Å². The summed E-state index contributed by atoms with van der Waals surface area (Å²) in [4.78, 5) is 0. The van der Waals surface area contributed by atoms with Crippen LogP contribution in [0.3, 0.4) is 0 Å². The van der Waals surface area contributed by atoms with Gasteiger partial charge in [-0.25, -0.2) is 4.39 Å². The molecule has 0 aliphatic heterocycles. The van der Waals surface area contributed by atoms with Gasteiger partial charge in [-0.05, 0) is 42.8 Å². The van der Waals surface area contributed by atoms with Crippen LogP contribution in [0.15, 0.2) is 42.5 Å². The lowest BCUT2D eigenvalue weighted by Gasteiger charge is -2.20. The van der Waals surface area contributed by atoms with Crippen LogP contribution in [0.25, 0.3) is 0 Å². The van der Waals surface area contributed by atoms with Crippen LogP contribution >= 0.6 is 23.2 Å². The molecule has 1 atom stereocenters. The second kappa shape index (κ2) is 7.07. The zero-order valence-electron chi connectivity index (χ0n) is 11.2. The first-order valence-corrected chi connectivity index (χ1v) is 7.31. The van der Waals surface area contributed by atoms with Crippen LogP contribution in [0, 0.1) is 5.82 Å². The quantitative estimate of drug-likeness (QED) is 0.798. The minimum atomic E-state index is -0.305. The van der Waals surface area contributed by atoms with Crippen molar-refractivity contribution in [1.82, 2.24) is 5.32 Å². The maximum Gasteiger partial charge on any atom is 0.129 e. The van der Waals surface area contributed by atoms with E-state index in [9.17, 15) is 4.39 Å². The third kappa shape index (κ3) is 3.72. The van der Waals surface area contributed by atoms with Crippen molar-refractivity contribution >= 4 is 23.2 Å². The van der Waals surface area contributed by atoms with Gasteiger partial charge in [0.15, 0.2) is 0 Å². The molecule has 1 N–H and O–H groups in total. The van der Waals surface area contributed by atoms with Crippen LogP contribution < -0.4 is 5.32 Å². The molecule has 0 spiro atoms. The Bertz CT molecular complexity index is 569. The second-order valence-electron chi connectivity index (χ2n) is 4.60. The van der Waals surface area contributed by atoms with Crippen molar-refractivity contribution in [3.8, 4) is 0 Å². The number of nitrogens with one attached hydrogen (secondary N) is 1. The normalized spacial score (nSPS) is 12.4. The Morgan fingerprint density at radius 2 is 1.70 bits per heavy atom. The molecular weight excluding hydrogens is 296 g/mol. The first-order valence-electron chi connectivity index (χ1n) is 6.55. The first kappa shape index (κ1) is 15.3. The van der Waals surface area contributed by atoms with Crippen LogP contribution in [-0.4, -0.2) is 6.54 Å². The van der Waals surface area contributed by atoms with Gasteiger partial charge in [0.05, 0.1) is 6.04 Å². The Kier molecular flexibility index (Phi) is 5.41. The molecule has 2 rings (SSSR count). The SMILES string of the molecule is CCCNC(c1ccc(Cl)cc1)c1ccc(Cl)cc1F. The van der Waals surface area contributed by atoms with E-state index in [4.69, 9.17) is 23.2 Å². The van der Waals surface area contributed by atoms with E-state index in [1.807, 2.05) is 24.3 Å². The lowest BCUT2D eigenvalue weighted by Crippen LogP contribution is -2.24. The van der Waals surface area contributed by atoms with E-state index < -0.39 is 0 Å². The van der Waals surface area contributed by atoms with Crippen LogP contribution in [0.5, 0.6) is 0 Å². The lowest BCUT2D eigenvalue weighted by atomic mass is 9.98. The Hall–Kier alpha value is -1.09. The van der Waals surface area contributed by atoms with Gasteiger partial charge in [-0.2, -0.15) is 0 Å². The highest BCUT2D eigenvalue weighted by Crippen LogP contribution is 2.27. The average molecular weight is 312 g/mol. The minimum absolute atomic E-state index is 0.204. The molecule has 0 bridgehead atoms. The summed E-state index contributed by atoms with van der Waals surface area (Å²) in [5, 5.41) is 4.42. The number of hydrogen-bond acceptors (Lipinski definition) is 1. The molecule has 0 amide bonds. The molecule has 1 nitrogen and oxygen atoms in total. The predicted molar refractivity (Wildman–Crippen MR) is 83.0 cm³/mol. The van der Waals surface area contributed by atoms with E-state index in [-0.39, 0.29) is 11.9 Å². The number of benzene rings is 2. The summed E-state index contributed by atoms with van der Waals surface area (Å²) in [6, 6.07) is 12.0. The fourth-order valence-corrected chi connectivity index (χ4v) is 2.37. The molecule has 0 aliphatic rings. The molecule has 0 heterocycles. The van der Waals surface area contributed by atoms with E-state index in [1.165, 1.54) is 6.07 Å². The zero-order chi connectivity index (χ0) is 14.5. The summed E-state index contributed by atoms with van der Waals surface area (Å²) >= 11 is 11.7. The van der Waals surface area contributed by atoms with Gasteiger partial charge in [0.25, 0.3) is 0 Å². The molecule has 4 heteroatoms. The van der Waals surface area contributed by atoms with Gasteiger partial charge in [-0.3, -0.25) is 0 Å². The Labute approximate surface area is 128 Å². The summed E-state index contributed by atoms with van der Waals surface area (Å²) in [6.45, 7) is 2.87. The van der Waals surface area contributed by atoms with Crippen molar-refractivity contribution in [1.29, 1.82) is 0 Å². The lowest BCUT2D eigenvalue weighted by molar-refractivity contribution is 0.547. The van der Waals surface area contributed by atoms with Crippen LogP contribution in [0.1, 0.15) is 30.5 Å². The van der Waals surface area contributed by atoms with Gasteiger partial charge in [0.1, 0.15) is 5.82 Å². The molecule has 0 radical (unpaired) electrons. The smallest absolute Gasteiger partial charge is 0.129 e. The van der Waals surface area contributed by atoms with Crippen LogP contribution in [0.2, 0.25) is 10.0 Å². The molecule has 2 aromatic carbocycles. The van der Waals surface area contributed by atoms with Gasteiger partial charge < -0.3 is 5.32 Å². The molecule has 106 valence electrons. The molecule has 20 heavy (non-hydrogen) atoms. The van der Waals surface area contributed by atoms with Crippen molar-refractivity contribution in [2.75, 3.05) is 6.54 Å². The van der Waals surface area contributed by atoms with E-state index in [0.717, 1.165) is 18.5 Å². The third-order valence-electron chi connectivity index (χ3n) is 3.08. The van der Waals surface area contributed by atoms with Crippen molar-refractivity contribution in [3.05, 3.63) is 69.5 Å². The largest absolute Gasteiger partial charge is 0.306 e. The van der Waals surface area contributed by atoms with Gasteiger partial charge in [-0.15, -0.1) is 0 Å². The predicted octanol–water partition coefficient (Wildman–Crippen LogP) is 5.22. The van der Waals surface area contributed by atoms with Crippen molar-refractivity contribution < 1.29 is 4.39 Å². The van der Waals surface area contributed by atoms with Crippen molar-refractivity contribution in [2.45, 2.75) is 19.4 Å². The highest BCUT2D eigenvalue weighted by molar-refractivity contribution is 6.30. The Morgan fingerprint density at radius 1 is 1.05 bits per heavy atom. The number of hydrogen-bond donors (Lipinski definition) is 1. The van der Waals surface area contributed by atoms with Gasteiger partial charge in [-0.1, -0.05) is 48.3 Å². The van der Waals surface area contributed by atoms with E-state index in [1.54, 1.807) is 12.1 Å². The fraction of sp³-hybridized carbons (Fsp3) is 0.250. The summed E-state index contributed by atoms with van der Waals surface area (Å²) in [5.74, 6) is -0.305. The first-order chi connectivity index (χ1) is 9.61. The average Bonchev–Trinajstić information content (AvgIpc) is 2.42. The topological polar surface area (TPSA) is 12.0 Å². The van der Waals surface area contributed by atoms with E-state index in [2.05, 4.69) is 12.2 Å². The summed E-state index contributed by atoms with van der Waals surface area (Å²) < 4.78 is 14.1. The summed E-state index contributed by atoms with van der Waals surface area (Å²) in [6.07, 6.45) is 0.972.